The van der Waals surface area contributed by atoms with Crippen molar-refractivity contribution in [3.63, 3.8) is 0 Å². The molecule has 154 valence electrons. The molecule has 0 atom stereocenters. The topological polar surface area (TPSA) is 69.5 Å². The number of carbonyl (C=O) groups excluding carboxylic acids is 1. The smallest absolute Gasteiger partial charge is 0.338 e. The van der Waals surface area contributed by atoms with Crippen molar-refractivity contribution >= 4 is 28.5 Å². The van der Waals surface area contributed by atoms with Crippen LogP contribution in [0.15, 0.2) is 36.7 Å². The minimum absolute atomic E-state index is 0.390. The molecular formula is C21H25ClN4O3. The number of likely N-dealkylation sites (N-methyl/N-ethyl adjacent to an activating group) is 1. The number of hydrogen-bond donors (Lipinski definition) is 0. The van der Waals surface area contributed by atoms with Gasteiger partial charge < -0.3 is 14.4 Å². The fraction of sp³-hybridized carbons (Fsp3) is 0.381. The second-order valence-electron chi connectivity index (χ2n) is 6.95. The van der Waals surface area contributed by atoms with E-state index in [9.17, 15) is 4.79 Å². The first kappa shape index (κ1) is 21.2. The highest BCUT2D eigenvalue weighted by molar-refractivity contribution is 6.31. The van der Waals surface area contributed by atoms with Crippen molar-refractivity contribution in [3.8, 4) is 0 Å². The van der Waals surface area contributed by atoms with Gasteiger partial charge >= 0.3 is 5.97 Å². The lowest BCUT2D eigenvalue weighted by Gasteiger charge is -2.10. The van der Waals surface area contributed by atoms with E-state index in [1.807, 2.05) is 37.0 Å². The molecule has 0 saturated heterocycles. The van der Waals surface area contributed by atoms with Gasteiger partial charge in [-0.15, -0.1) is 0 Å². The molecule has 8 heteroatoms. The third-order valence-corrected chi connectivity index (χ3v) is 4.82. The molecule has 1 aromatic carbocycles. The highest BCUT2D eigenvalue weighted by Gasteiger charge is 2.17. The first-order chi connectivity index (χ1) is 14.0. The van der Waals surface area contributed by atoms with Gasteiger partial charge in [-0.2, -0.15) is 5.10 Å². The van der Waals surface area contributed by atoms with Gasteiger partial charge in [0.15, 0.2) is 0 Å². The summed E-state index contributed by atoms with van der Waals surface area (Å²) in [4.78, 5) is 18.3. The minimum atomic E-state index is -0.390. The van der Waals surface area contributed by atoms with Crippen LogP contribution in [0.2, 0.25) is 5.02 Å². The molecule has 2 heterocycles. The maximum absolute atomic E-state index is 12.1. The number of nitrogens with zero attached hydrogens (tertiary/aromatic N) is 4. The predicted molar refractivity (Wildman–Crippen MR) is 112 cm³/mol. The number of carbonyl (C=O) groups is 1. The summed E-state index contributed by atoms with van der Waals surface area (Å²) in [5.74, 6) is -0.390. The molecule has 0 spiro atoms. The van der Waals surface area contributed by atoms with Gasteiger partial charge in [-0.25, -0.2) is 4.79 Å². The van der Waals surface area contributed by atoms with Crippen molar-refractivity contribution in [1.82, 2.24) is 19.7 Å². The summed E-state index contributed by atoms with van der Waals surface area (Å²) < 4.78 is 12.5. The maximum atomic E-state index is 12.1. The molecule has 7 nitrogen and oxygen atoms in total. The summed E-state index contributed by atoms with van der Waals surface area (Å²) in [6.07, 6.45) is 3.70. The lowest BCUT2D eigenvalue weighted by molar-refractivity contribution is 0.0599. The van der Waals surface area contributed by atoms with Crippen LogP contribution in [0, 0.1) is 0 Å². The third-order valence-electron chi connectivity index (χ3n) is 4.59. The second kappa shape index (κ2) is 9.82. The molecule has 0 N–H and O–H groups in total. The van der Waals surface area contributed by atoms with Gasteiger partial charge in [-0.3, -0.25) is 9.67 Å². The van der Waals surface area contributed by atoms with Crippen LogP contribution in [-0.2, 0) is 22.4 Å². The van der Waals surface area contributed by atoms with Crippen molar-refractivity contribution in [2.24, 2.45) is 0 Å². The van der Waals surface area contributed by atoms with Crippen molar-refractivity contribution in [1.29, 1.82) is 0 Å². The molecule has 0 aliphatic carbocycles. The van der Waals surface area contributed by atoms with Crippen LogP contribution < -0.4 is 0 Å². The van der Waals surface area contributed by atoms with E-state index in [1.165, 1.54) is 7.11 Å². The quantitative estimate of drug-likeness (QED) is 0.394. The maximum Gasteiger partial charge on any atom is 0.338 e. The lowest BCUT2D eigenvalue weighted by Crippen LogP contribution is -2.19. The predicted octanol–water partition coefficient (Wildman–Crippen LogP) is 3.04. The van der Waals surface area contributed by atoms with E-state index in [0.717, 1.165) is 28.7 Å². The zero-order valence-electron chi connectivity index (χ0n) is 16.9. The molecule has 3 aromatic rings. The molecule has 0 aliphatic rings. The van der Waals surface area contributed by atoms with E-state index < -0.39 is 5.97 Å². The highest BCUT2D eigenvalue weighted by Crippen LogP contribution is 2.25. The third kappa shape index (κ3) is 5.32. The van der Waals surface area contributed by atoms with Crippen molar-refractivity contribution < 1.29 is 14.3 Å². The van der Waals surface area contributed by atoms with Gasteiger partial charge in [0.25, 0.3) is 0 Å². The van der Waals surface area contributed by atoms with Crippen molar-refractivity contribution in [3.05, 3.63) is 58.5 Å². The van der Waals surface area contributed by atoms with Gasteiger partial charge in [0, 0.05) is 35.8 Å². The Kier molecular flexibility index (Phi) is 7.19. The van der Waals surface area contributed by atoms with Crippen LogP contribution in [0.1, 0.15) is 21.6 Å². The zero-order chi connectivity index (χ0) is 20.8. The Labute approximate surface area is 175 Å². The molecule has 0 unspecified atom stereocenters. The number of ether oxygens (including phenoxy) is 2. The van der Waals surface area contributed by atoms with Gasteiger partial charge in [0.05, 0.1) is 43.6 Å². The average molecular weight is 417 g/mol. The zero-order valence-corrected chi connectivity index (χ0v) is 17.6. The van der Waals surface area contributed by atoms with E-state index in [1.54, 1.807) is 18.5 Å². The number of benzene rings is 1. The Bertz CT molecular complexity index is 987. The largest absolute Gasteiger partial charge is 0.465 e. The molecule has 0 aliphatic heterocycles. The summed E-state index contributed by atoms with van der Waals surface area (Å²) in [6.45, 7) is 2.73. The summed E-state index contributed by atoms with van der Waals surface area (Å²) >= 11 is 6.23. The Balaban J connectivity index is 1.85. The monoisotopic (exact) mass is 416 g/mol. The summed E-state index contributed by atoms with van der Waals surface area (Å²) in [7, 11) is 5.40. The van der Waals surface area contributed by atoms with E-state index >= 15 is 0 Å². The summed E-state index contributed by atoms with van der Waals surface area (Å²) in [5, 5.41) is 6.36. The van der Waals surface area contributed by atoms with Crippen LogP contribution in [0.3, 0.4) is 0 Å². The van der Waals surface area contributed by atoms with Gasteiger partial charge in [0.1, 0.15) is 0 Å². The number of hydrogen-bond acceptors (Lipinski definition) is 6. The normalized spacial score (nSPS) is 11.3. The van der Waals surface area contributed by atoms with Gasteiger partial charge in [-0.05, 0) is 43.9 Å². The molecule has 0 fully saturated rings. The van der Waals surface area contributed by atoms with E-state index in [-0.39, 0.29) is 0 Å². The number of aromatic nitrogens is 3. The van der Waals surface area contributed by atoms with E-state index in [0.29, 0.717) is 36.8 Å². The molecule has 29 heavy (non-hydrogen) atoms. The summed E-state index contributed by atoms with van der Waals surface area (Å²) in [6, 6.07) is 7.36. The Morgan fingerprint density at radius 2 is 2.07 bits per heavy atom. The molecule has 2 aromatic heterocycles. The highest BCUT2D eigenvalue weighted by atomic mass is 35.5. The Morgan fingerprint density at radius 1 is 1.24 bits per heavy atom. The average Bonchev–Trinajstić information content (AvgIpc) is 3.04. The van der Waals surface area contributed by atoms with Crippen molar-refractivity contribution in [2.45, 2.75) is 13.0 Å². The van der Waals surface area contributed by atoms with Crippen LogP contribution in [0.4, 0.5) is 0 Å². The number of fused-ring (bicyclic) bond motifs is 1. The van der Waals surface area contributed by atoms with Gasteiger partial charge in [0.2, 0.25) is 0 Å². The van der Waals surface area contributed by atoms with Crippen LogP contribution in [0.25, 0.3) is 10.9 Å². The molecule has 0 saturated carbocycles. The number of pyridine rings is 1. The molecule has 0 amide bonds. The fourth-order valence-corrected chi connectivity index (χ4v) is 3.25. The first-order valence-corrected chi connectivity index (χ1v) is 9.76. The fourth-order valence-electron chi connectivity index (χ4n) is 3.08. The first-order valence-electron chi connectivity index (χ1n) is 9.38. The standard InChI is InChI=1S/C21H25ClN4O3/c1-25(2)8-10-29-11-9-26-20-5-4-16(22)13-18(20)19(24-26)12-15-14-23-7-6-17(15)21(27)28-3/h4-7,13-14H,8-12H2,1-3H3. The SMILES string of the molecule is COC(=O)c1ccncc1Cc1nn(CCOCCN(C)C)c2ccc(Cl)cc12. The summed E-state index contributed by atoms with van der Waals surface area (Å²) in [5.41, 5.74) is 3.05. The number of esters is 1. The minimum Gasteiger partial charge on any atom is -0.465 e. The van der Waals surface area contributed by atoms with Crippen molar-refractivity contribution in [2.75, 3.05) is 41.0 Å². The van der Waals surface area contributed by atoms with E-state index in [2.05, 4.69) is 9.88 Å². The molecule has 0 bridgehead atoms. The molecule has 0 radical (unpaired) electrons. The number of methoxy groups -OCH3 is 1. The second-order valence-corrected chi connectivity index (χ2v) is 7.38. The van der Waals surface area contributed by atoms with Crippen LogP contribution >= 0.6 is 11.6 Å². The lowest BCUT2D eigenvalue weighted by atomic mass is 10.0. The van der Waals surface area contributed by atoms with Gasteiger partial charge in [-0.1, -0.05) is 11.6 Å². The molecule has 3 rings (SSSR count). The number of rotatable bonds is 9. The molecular weight excluding hydrogens is 392 g/mol. The van der Waals surface area contributed by atoms with E-state index in [4.69, 9.17) is 26.2 Å². The van der Waals surface area contributed by atoms with Crippen LogP contribution in [-0.4, -0.2) is 66.6 Å². The Hall–Kier alpha value is -2.48. The Morgan fingerprint density at radius 3 is 2.83 bits per heavy atom. The van der Waals surface area contributed by atoms with Crippen LogP contribution in [0.5, 0.6) is 0 Å². The number of halogens is 1.